The molecule has 0 aliphatic carbocycles. The number of aliphatic imine (C=N–C) groups is 1. The highest BCUT2D eigenvalue weighted by atomic mass is 16.3. The largest absolute Gasteiger partial charge is 0.394 e. The van der Waals surface area contributed by atoms with Gasteiger partial charge in [0.05, 0.1) is 19.1 Å². The van der Waals surface area contributed by atoms with E-state index in [9.17, 15) is 43.5 Å². The summed E-state index contributed by atoms with van der Waals surface area (Å²) in [5, 5.41) is 21.2. The number of hydrogen-bond acceptors (Lipinski definition) is 10. The number of nitrogens with two attached hydrogens (primary N) is 4. The summed E-state index contributed by atoms with van der Waals surface area (Å²) in [6.45, 7) is 1.74. The molecule has 0 rings (SSSR count). The Hall–Kier alpha value is -4.81. The van der Waals surface area contributed by atoms with Gasteiger partial charge >= 0.3 is 0 Å². The fourth-order valence-corrected chi connectivity index (χ4v) is 3.35. The van der Waals surface area contributed by atoms with Gasteiger partial charge in [-0.1, -0.05) is 0 Å². The summed E-state index contributed by atoms with van der Waals surface area (Å²) in [4.78, 5) is 99.6. The van der Waals surface area contributed by atoms with Gasteiger partial charge in [-0.05, 0) is 26.2 Å². The van der Waals surface area contributed by atoms with Crippen LogP contribution in [0.15, 0.2) is 4.99 Å². The van der Waals surface area contributed by atoms with Gasteiger partial charge in [0.25, 0.3) is 0 Å². The van der Waals surface area contributed by atoms with Gasteiger partial charge in [-0.2, -0.15) is 0 Å². The predicted octanol–water partition coefficient (Wildman–Crippen LogP) is -6.16. The molecule has 0 aromatic rings. The maximum atomic E-state index is 12.8. The number of aldehydes is 1. The average molecular weight is 601 g/mol. The molecule has 0 aromatic heterocycles. The predicted molar refractivity (Wildman–Crippen MR) is 146 cm³/mol. The van der Waals surface area contributed by atoms with Crippen molar-refractivity contribution in [2.24, 2.45) is 27.9 Å². The first-order valence-corrected chi connectivity index (χ1v) is 12.8. The number of nitrogens with zero attached hydrogens (tertiary/aromatic N) is 1. The van der Waals surface area contributed by atoms with Crippen molar-refractivity contribution >= 4 is 53.6 Å². The summed E-state index contributed by atoms with van der Waals surface area (Å²) >= 11 is 0. The van der Waals surface area contributed by atoms with Crippen molar-refractivity contribution in [3.63, 3.8) is 0 Å². The van der Waals surface area contributed by atoms with Crippen LogP contribution < -0.4 is 49.5 Å². The highest BCUT2D eigenvalue weighted by molar-refractivity contribution is 5.96. The molecule has 19 nitrogen and oxygen atoms in total. The minimum Gasteiger partial charge on any atom is -0.394 e. The Labute approximate surface area is 241 Å². The van der Waals surface area contributed by atoms with E-state index >= 15 is 0 Å². The van der Waals surface area contributed by atoms with Crippen LogP contribution >= 0.6 is 0 Å². The summed E-state index contributed by atoms with van der Waals surface area (Å²) in [5.74, 6) is -5.98. The number of guanidine groups is 1. The smallest absolute Gasteiger partial charge is 0.245 e. The first-order chi connectivity index (χ1) is 19.6. The van der Waals surface area contributed by atoms with Crippen molar-refractivity contribution in [3.8, 4) is 0 Å². The van der Waals surface area contributed by atoms with Crippen LogP contribution in [0.25, 0.3) is 0 Å². The number of aliphatic hydroxyl groups excluding tert-OH is 1. The lowest BCUT2D eigenvalue weighted by Crippen LogP contribution is -2.59. The van der Waals surface area contributed by atoms with Gasteiger partial charge in [0.2, 0.25) is 41.4 Å². The Balaban J connectivity index is 5.39. The van der Waals surface area contributed by atoms with Gasteiger partial charge in [0.1, 0.15) is 30.5 Å². The van der Waals surface area contributed by atoms with E-state index in [4.69, 9.17) is 22.9 Å². The van der Waals surface area contributed by atoms with Crippen LogP contribution in [-0.2, 0) is 38.4 Å². The van der Waals surface area contributed by atoms with Gasteiger partial charge in [0, 0.05) is 19.9 Å². The first kappa shape index (κ1) is 37.2. The number of rotatable bonds is 20. The molecule has 0 unspecified atom stereocenters. The zero-order chi connectivity index (χ0) is 32.4. The van der Waals surface area contributed by atoms with Crippen LogP contribution in [0.4, 0.5) is 0 Å². The second-order valence-corrected chi connectivity index (χ2v) is 9.16. The first-order valence-electron chi connectivity index (χ1n) is 12.8. The van der Waals surface area contributed by atoms with Gasteiger partial charge in [-0.3, -0.25) is 38.6 Å². The van der Waals surface area contributed by atoms with Crippen molar-refractivity contribution < 1.29 is 43.5 Å². The molecule has 0 aliphatic rings. The second-order valence-electron chi connectivity index (χ2n) is 9.16. The molecular weight excluding hydrogens is 560 g/mol. The van der Waals surface area contributed by atoms with Crippen molar-refractivity contribution in [2.45, 2.75) is 76.2 Å². The molecule has 0 spiro atoms. The molecule has 0 aromatic carbocycles. The Morgan fingerprint density at radius 2 is 1.31 bits per heavy atom. The molecule has 7 amide bonds. The molecule has 0 heterocycles. The lowest BCUT2D eigenvalue weighted by atomic mass is 10.1. The lowest BCUT2D eigenvalue weighted by Gasteiger charge is -2.24. The fourth-order valence-electron chi connectivity index (χ4n) is 3.35. The van der Waals surface area contributed by atoms with Crippen LogP contribution in [0.2, 0.25) is 0 Å². The zero-order valence-electron chi connectivity index (χ0n) is 23.4. The van der Waals surface area contributed by atoms with Gasteiger partial charge in [-0.25, -0.2) is 0 Å². The summed E-state index contributed by atoms with van der Waals surface area (Å²) in [6.07, 6.45) is -0.490. The van der Waals surface area contributed by atoms with E-state index in [0.717, 1.165) is 0 Å². The van der Waals surface area contributed by atoms with Crippen molar-refractivity contribution in [1.82, 2.24) is 26.6 Å². The van der Waals surface area contributed by atoms with E-state index in [1.807, 2.05) is 0 Å². The number of aliphatic hydroxyl groups is 1. The fraction of sp³-hybridized carbons (Fsp3) is 0.609. The molecule has 236 valence electrons. The molecular formula is C23H40N10O9. The molecule has 0 fully saturated rings. The number of carbonyl (C=O) groups is 8. The minimum atomic E-state index is -1.61. The molecule has 0 bridgehead atoms. The van der Waals surface area contributed by atoms with E-state index in [1.165, 1.54) is 13.8 Å². The van der Waals surface area contributed by atoms with Crippen LogP contribution in [0.3, 0.4) is 0 Å². The minimum absolute atomic E-state index is 0.136. The Bertz CT molecular complexity index is 1030. The molecule has 5 atom stereocenters. The molecule has 0 radical (unpaired) electrons. The van der Waals surface area contributed by atoms with Gasteiger partial charge < -0.3 is 59.4 Å². The standard InChI is InChI=1S/C23H40N10O9/c1-11(29-20(40)14(30-12(2)36)4-3-7-28-23(26)27)19(39)33-16(10-35)22(42)32-15(5-6-17(24)37)21(41)31-13(9-34)8-18(25)38/h9,11,13-16,35H,3-8,10H2,1-2H3,(H2,24,37)(H2,25,38)(H,29,40)(H,30,36)(H,31,41)(H,32,42)(H,33,39)(H4,26,27,28)/t11-,13-,14-,15-,16-/m0/s1. The number of primary amides is 2. The average Bonchev–Trinajstić information content (AvgIpc) is 2.89. The van der Waals surface area contributed by atoms with E-state index < -0.39 is 84.6 Å². The van der Waals surface area contributed by atoms with E-state index in [1.54, 1.807) is 0 Å². The summed E-state index contributed by atoms with van der Waals surface area (Å²) < 4.78 is 0. The summed E-state index contributed by atoms with van der Waals surface area (Å²) in [6, 6.07) is -6.66. The Morgan fingerprint density at radius 3 is 1.81 bits per heavy atom. The van der Waals surface area contributed by atoms with Crippen molar-refractivity contribution in [1.29, 1.82) is 0 Å². The molecule has 0 saturated carbocycles. The third kappa shape index (κ3) is 15.7. The molecule has 0 aliphatic heterocycles. The molecule has 19 heteroatoms. The summed E-state index contributed by atoms with van der Waals surface area (Å²) in [5.41, 5.74) is 20.6. The maximum Gasteiger partial charge on any atom is 0.245 e. The van der Waals surface area contributed by atoms with E-state index in [2.05, 4.69) is 31.6 Å². The van der Waals surface area contributed by atoms with Crippen LogP contribution in [0, 0.1) is 0 Å². The van der Waals surface area contributed by atoms with Crippen molar-refractivity contribution in [3.05, 3.63) is 0 Å². The van der Waals surface area contributed by atoms with Crippen LogP contribution in [0.5, 0.6) is 0 Å². The number of amides is 7. The van der Waals surface area contributed by atoms with E-state index in [0.29, 0.717) is 6.42 Å². The molecule has 14 N–H and O–H groups in total. The van der Waals surface area contributed by atoms with Gasteiger partial charge in [0.15, 0.2) is 5.96 Å². The molecule has 42 heavy (non-hydrogen) atoms. The third-order valence-corrected chi connectivity index (χ3v) is 5.43. The zero-order valence-corrected chi connectivity index (χ0v) is 23.4. The normalized spacial score (nSPS) is 14.0. The van der Waals surface area contributed by atoms with Crippen LogP contribution in [0.1, 0.15) is 46.0 Å². The third-order valence-electron chi connectivity index (χ3n) is 5.43. The Kier molecular flexibility index (Phi) is 17.1. The molecule has 0 saturated heterocycles. The maximum absolute atomic E-state index is 12.8. The number of nitrogens with one attached hydrogen (secondary N) is 5. The highest BCUT2D eigenvalue weighted by Crippen LogP contribution is 2.02. The monoisotopic (exact) mass is 600 g/mol. The number of carbonyl (C=O) groups excluding carboxylic acids is 8. The SMILES string of the molecule is CC(=O)N[C@@H](CCCN=C(N)N)C(=O)N[C@@H](C)C(=O)N[C@@H](CO)C(=O)N[C@@H](CCC(N)=O)C(=O)N[C@H](C=O)CC(N)=O. The topological polar surface area (TPSA) is 333 Å². The van der Waals surface area contributed by atoms with Crippen molar-refractivity contribution in [2.75, 3.05) is 13.2 Å². The Morgan fingerprint density at radius 1 is 0.762 bits per heavy atom. The second kappa shape index (κ2) is 19.3. The highest BCUT2D eigenvalue weighted by Gasteiger charge is 2.30. The quantitative estimate of drug-likeness (QED) is 0.0271. The van der Waals surface area contributed by atoms with E-state index in [-0.39, 0.29) is 38.1 Å². The lowest BCUT2D eigenvalue weighted by molar-refractivity contribution is -0.135. The van der Waals surface area contributed by atoms with Crippen LogP contribution in [-0.4, -0.2) is 102 Å². The van der Waals surface area contributed by atoms with Gasteiger partial charge in [-0.15, -0.1) is 0 Å². The summed E-state index contributed by atoms with van der Waals surface area (Å²) in [7, 11) is 0. The number of hydrogen-bond donors (Lipinski definition) is 10.